The molecule has 0 aliphatic heterocycles. The minimum atomic E-state index is -0.0910. The number of nitrogen functional groups attached to an aromatic ring is 1. The zero-order valence-corrected chi connectivity index (χ0v) is 6.45. The molecule has 3 N–H and O–H groups in total. The molecule has 0 saturated heterocycles. The van der Waals surface area contributed by atoms with Gasteiger partial charge in [-0.3, -0.25) is 0 Å². The van der Waals surface area contributed by atoms with Crippen LogP contribution >= 0.6 is 23.2 Å². The zero-order valence-electron chi connectivity index (χ0n) is 4.94. The third-order valence-corrected chi connectivity index (χ3v) is 1.82. The number of hydrogen-bond donors (Lipinski definition) is 2. The molecule has 4 heteroatoms. The molecule has 0 fully saturated rings. The standard InChI is InChI=1S/C6H5Cl2NO/c7-4-1-3(9)2-5(10)6(4)8/h1-2,10H,9H2. The lowest BCUT2D eigenvalue weighted by Crippen LogP contribution is -1.83. The molecule has 0 aliphatic rings. The fraction of sp³-hybridized carbons (Fsp3) is 0. The highest BCUT2D eigenvalue weighted by Gasteiger charge is 2.03. The number of phenols is 1. The Morgan fingerprint density at radius 1 is 1.30 bits per heavy atom. The van der Waals surface area contributed by atoms with Gasteiger partial charge in [-0.1, -0.05) is 23.2 Å². The second-order valence-corrected chi connectivity index (χ2v) is 2.62. The molecule has 0 bridgehead atoms. The lowest BCUT2D eigenvalue weighted by molar-refractivity contribution is 0.476. The summed E-state index contributed by atoms with van der Waals surface area (Å²) in [4.78, 5) is 0. The van der Waals surface area contributed by atoms with Gasteiger partial charge < -0.3 is 10.8 Å². The molecule has 0 heterocycles. The van der Waals surface area contributed by atoms with Gasteiger partial charge in [-0.2, -0.15) is 0 Å². The Labute approximate surface area is 68.2 Å². The van der Waals surface area contributed by atoms with Crippen molar-refractivity contribution in [1.29, 1.82) is 0 Å². The number of benzene rings is 1. The zero-order chi connectivity index (χ0) is 7.72. The summed E-state index contributed by atoms with van der Waals surface area (Å²) >= 11 is 11.1. The highest BCUT2D eigenvalue weighted by Crippen LogP contribution is 2.32. The number of hydrogen-bond acceptors (Lipinski definition) is 2. The maximum atomic E-state index is 8.98. The summed E-state index contributed by atoms with van der Waals surface area (Å²) in [6.07, 6.45) is 0. The van der Waals surface area contributed by atoms with Gasteiger partial charge in [0.15, 0.2) is 0 Å². The lowest BCUT2D eigenvalue weighted by Gasteiger charge is -1.99. The molecule has 0 aliphatic carbocycles. The fourth-order valence-corrected chi connectivity index (χ4v) is 0.927. The topological polar surface area (TPSA) is 46.2 Å². The smallest absolute Gasteiger partial charge is 0.137 e. The highest BCUT2D eigenvalue weighted by molar-refractivity contribution is 6.43. The van der Waals surface area contributed by atoms with Gasteiger partial charge in [-0.05, 0) is 6.07 Å². The molecule has 0 amide bonds. The number of aromatic hydroxyl groups is 1. The summed E-state index contributed by atoms with van der Waals surface area (Å²) in [7, 11) is 0. The Balaban J connectivity index is 3.31. The molecular weight excluding hydrogens is 173 g/mol. The Morgan fingerprint density at radius 2 is 1.90 bits per heavy atom. The van der Waals surface area contributed by atoms with E-state index in [1.165, 1.54) is 12.1 Å². The molecule has 1 aromatic carbocycles. The summed E-state index contributed by atoms with van der Waals surface area (Å²) < 4.78 is 0. The van der Waals surface area contributed by atoms with Gasteiger partial charge in [-0.25, -0.2) is 0 Å². The van der Waals surface area contributed by atoms with Gasteiger partial charge in [0.05, 0.1) is 5.02 Å². The van der Waals surface area contributed by atoms with Crippen molar-refractivity contribution in [2.45, 2.75) is 0 Å². The van der Waals surface area contributed by atoms with Crippen molar-refractivity contribution >= 4 is 28.9 Å². The summed E-state index contributed by atoms with van der Waals surface area (Å²) in [6.45, 7) is 0. The SMILES string of the molecule is Nc1cc(O)c(Cl)c(Cl)c1. The quantitative estimate of drug-likeness (QED) is 0.598. The van der Waals surface area contributed by atoms with E-state index in [9.17, 15) is 0 Å². The van der Waals surface area contributed by atoms with Crippen LogP contribution in [-0.4, -0.2) is 5.11 Å². The molecule has 0 aromatic heterocycles. The Morgan fingerprint density at radius 3 is 2.40 bits per heavy atom. The normalized spacial score (nSPS) is 9.80. The molecule has 0 atom stereocenters. The molecule has 1 aromatic rings. The molecule has 2 nitrogen and oxygen atoms in total. The lowest BCUT2D eigenvalue weighted by atomic mass is 10.3. The minimum Gasteiger partial charge on any atom is -0.506 e. The summed E-state index contributed by atoms with van der Waals surface area (Å²) in [5, 5.41) is 9.38. The first-order valence-electron chi connectivity index (χ1n) is 2.54. The highest BCUT2D eigenvalue weighted by atomic mass is 35.5. The van der Waals surface area contributed by atoms with Crippen LogP contribution in [0.1, 0.15) is 0 Å². The van der Waals surface area contributed by atoms with E-state index < -0.39 is 0 Å². The minimum absolute atomic E-state index is 0.0910. The fourth-order valence-electron chi connectivity index (χ4n) is 0.595. The van der Waals surface area contributed by atoms with E-state index in [0.29, 0.717) is 5.69 Å². The van der Waals surface area contributed by atoms with Gasteiger partial charge in [0.2, 0.25) is 0 Å². The van der Waals surface area contributed by atoms with Crippen LogP contribution in [0.15, 0.2) is 12.1 Å². The van der Waals surface area contributed by atoms with Crippen LogP contribution in [0, 0.1) is 0 Å². The maximum Gasteiger partial charge on any atom is 0.137 e. The van der Waals surface area contributed by atoms with Crippen LogP contribution in [0.4, 0.5) is 5.69 Å². The predicted octanol–water partition coefficient (Wildman–Crippen LogP) is 2.28. The second kappa shape index (κ2) is 2.56. The van der Waals surface area contributed by atoms with Crippen molar-refractivity contribution in [2.75, 3.05) is 5.73 Å². The van der Waals surface area contributed by atoms with E-state index in [1.807, 2.05) is 0 Å². The van der Waals surface area contributed by atoms with Crippen molar-refractivity contribution in [1.82, 2.24) is 0 Å². The van der Waals surface area contributed by atoms with Gasteiger partial charge in [-0.15, -0.1) is 0 Å². The van der Waals surface area contributed by atoms with Crippen LogP contribution < -0.4 is 5.73 Å². The first-order valence-corrected chi connectivity index (χ1v) is 3.30. The van der Waals surface area contributed by atoms with Crippen LogP contribution in [0.5, 0.6) is 5.75 Å². The van der Waals surface area contributed by atoms with Crippen molar-refractivity contribution < 1.29 is 5.11 Å². The first kappa shape index (κ1) is 7.51. The third kappa shape index (κ3) is 1.28. The van der Waals surface area contributed by atoms with Crippen LogP contribution in [0.3, 0.4) is 0 Å². The average Bonchev–Trinajstić information content (AvgIpc) is 1.82. The molecule has 10 heavy (non-hydrogen) atoms. The maximum absolute atomic E-state index is 8.98. The number of halogens is 2. The number of rotatable bonds is 0. The Bertz CT molecular complexity index is 239. The third-order valence-electron chi connectivity index (χ3n) is 1.03. The predicted molar refractivity (Wildman–Crippen MR) is 42.5 cm³/mol. The van der Waals surface area contributed by atoms with E-state index in [2.05, 4.69) is 0 Å². The Kier molecular flexibility index (Phi) is 1.92. The van der Waals surface area contributed by atoms with Gasteiger partial charge in [0.25, 0.3) is 0 Å². The first-order chi connectivity index (χ1) is 4.61. The van der Waals surface area contributed by atoms with E-state index >= 15 is 0 Å². The van der Waals surface area contributed by atoms with Gasteiger partial charge in [0.1, 0.15) is 10.8 Å². The number of phenolic OH excluding ortho intramolecular Hbond substituents is 1. The van der Waals surface area contributed by atoms with Crippen molar-refractivity contribution in [3.05, 3.63) is 22.2 Å². The monoisotopic (exact) mass is 177 g/mol. The van der Waals surface area contributed by atoms with Crippen LogP contribution in [0.25, 0.3) is 0 Å². The van der Waals surface area contributed by atoms with Crippen LogP contribution in [-0.2, 0) is 0 Å². The number of nitrogens with two attached hydrogens (primary N) is 1. The molecule has 1 rings (SSSR count). The van der Waals surface area contributed by atoms with Crippen LogP contribution in [0.2, 0.25) is 10.0 Å². The van der Waals surface area contributed by atoms with E-state index in [-0.39, 0.29) is 15.8 Å². The van der Waals surface area contributed by atoms with E-state index in [1.54, 1.807) is 0 Å². The van der Waals surface area contributed by atoms with Crippen molar-refractivity contribution in [3.63, 3.8) is 0 Å². The summed E-state index contributed by atoms with van der Waals surface area (Å²) in [5.74, 6) is -0.0910. The second-order valence-electron chi connectivity index (χ2n) is 1.84. The molecule has 0 spiro atoms. The Hall–Kier alpha value is -0.600. The van der Waals surface area contributed by atoms with Gasteiger partial charge >= 0.3 is 0 Å². The molecule has 0 radical (unpaired) electrons. The van der Waals surface area contributed by atoms with E-state index in [0.717, 1.165) is 0 Å². The average molecular weight is 178 g/mol. The van der Waals surface area contributed by atoms with Crippen molar-refractivity contribution in [3.8, 4) is 5.75 Å². The molecule has 0 saturated carbocycles. The molecule has 0 unspecified atom stereocenters. The summed E-state index contributed by atoms with van der Waals surface area (Å²) in [5.41, 5.74) is 5.72. The molecular formula is C6H5Cl2NO. The molecule has 54 valence electrons. The number of anilines is 1. The van der Waals surface area contributed by atoms with E-state index in [4.69, 9.17) is 34.0 Å². The van der Waals surface area contributed by atoms with Gasteiger partial charge in [0, 0.05) is 11.8 Å². The largest absolute Gasteiger partial charge is 0.506 e. The summed E-state index contributed by atoms with van der Waals surface area (Å²) in [6, 6.07) is 2.82. The van der Waals surface area contributed by atoms with Crippen molar-refractivity contribution in [2.24, 2.45) is 0 Å².